The smallest absolute Gasteiger partial charge is 0.407 e. The zero-order valence-electron chi connectivity index (χ0n) is 14.7. The van der Waals surface area contributed by atoms with Crippen molar-refractivity contribution in [1.29, 1.82) is 0 Å². The maximum absolute atomic E-state index is 11.9. The molecular formula is C19H25NO4. The Bertz CT molecular complexity index is 643. The second kappa shape index (κ2) is 7.51. The molecule has 0 fully saturated rings. The molecule has 0 radical (unpaired) electrons. The van der Waals surface area contributed by atoms with Gasteiger partial charge in [0.15, 0.2) is 0 Å². The summed E-state index contributed by atoms with van der Waals surface area (Å²) in [7, 11) is 0. The standard InChI is InChI=1S/C19H25NO4/c1-5-23-17(21)9-7-13-6-8-14-11-16(12-15(14)10-13)20-18(22)24-19(2,3)4/h6-10,16H,5,11-12H2,1-4H3,(H,20,22)/b9-7+. The minimum absolute atomic E-state index is 0.0409. The summed E-state index contributed by atoms with van der Waals surface area (Å²) < 4.78 is 10.2. The van der Waals surface area contributed by atoms with Crippen LogP contribution in [0.25, 0.3) is 6.08 Å². The molecule has 130 valence electrons. The van der Waals surface area contributed by atoms with Gasteiger partial charge in [0.1, 0.15) is 5.60 Å². The average molecular weight is 331 g/mol. The molecule has 1 aliphatic carbocycles. The minimum Gasteiger partial charge on any atom is -0.463 e. The number of hydrogen-bond donors (Lipinski definition) is 1. The summed E-state index contributed by atoms with van der Waals surface area (Å²) in [5, 5.41) is 2.92. The van der Waals surface area contributed by atoms with E-state index in [2.05, 4.69) is 5.32 Å². The Kier molecular flexibility index (Phi) is 5.65. The molecule has 0 saturated heterocycles. The van der Waals surface area contributed by atoms with Crippen LogP contribution in [-0.2, 0) is 27.1 Å². The van der Waals surface area contributed by atoms with Gasteiger partial charge in [-0.15, -0.1) is 0 Å². The van der Waals surface area contributed by atoms with E-state index in [9.17, 15) is 9.59 Å². The Hall–Kier alpha value is -2.30. The van der Waals surface area contributed by atoms with Crippen molar-refractivity contribution in [2.45, 2.75) is 52.2 Å². The number of esters is 1. The van der Waals surface area contributed by atoms with Gasteiger partial charge in [0, 0.05) is 12.1 Å². The highest BCUT2D eigenvalue weighted by atomic mass is 16.6. The van der Waals surface area contributed by atoms with Crippen LogP contribution in [0.4, 0.5) is 4.79 Å². The third-order valence-electron chi connectivity index (χ3n) is 3.58. The Labute approximate surface area is 143 Å². The number of benzene rings is 1. The molecule has 5 heteroatoms. The molecule has 5 nitrogen and oxygen atoms in total. The maximum Gasteiger partial charge on any atom is 0.407 e. The fraction of sp³-hybridized carbons (Fsp3) is 0.474. The molecule has 0 bridgehead atoms. The fourth-order valence-electron chi connectivity index (χ4n) is 2.67. The maximum atomic E-state index is 11.9. The highest BCUT2D eigenvalue weighted by molar-refractivity contribution is 5.87. The number of rotatable bonds is 4. The second-order valence-corrected chi connectivity index (χ2v) is 6.86. The van der Waals surface area contributed by atoms with Gasteiger partial charge in [0.2, 0.25) is 0 Å². The predicted molar refractivity (Wildman–Crippen MR) is 92.7 cm³/mol. The minimum atomic E-state index is -0.499. The Morgan fingerprint density at radius 2 is 1.96 bits per heavy atom. The molecule has 0 aromatic heterocycles. The topological polar surface area (TPSA) is 64.6 Å². The Morgan fingerprint density at radius 3 is 2.62 bits per heavy atom. The molecule has 1 N–H and O–H groups in total. The quantitative estimate of drug-likeness (QED) is 0.679. The molecule has 0 spiro atoms. The van der Waals surface area contributed by atoms with E-state index in [-0.39, 0.29) is 18.1 Å². The molecule has 0 aliphatic heterocycles. The highest BCUT2D eigenvalue weighted by Gasteiger charge is 2.25. The first-order valence-electron chi connectivity index (χ1n) is 8.23. The average Bonchev–Trinajstić information content (AvgIpc) is 2.84. The number of carbonyl (C=O) groups excluding carboxylic acids is 2. The van der Waals surface area contributed by atoms with Gasteiger partial charge >= 0.3 is 12.1 Å². The van der Waals surface area contributed by atoms with Gasteiger partial charge in [-0.25, -0.2) is 9.59 Å². The van der Waals surface area contributed by atoms with E-state index in [1.54, 1.807) is 13.0 Å². The van der Waals surface area contributed by atoms with Crippen LogP contribution in [0.5, 0.6) is 0 Å². The molecule has 1 atom stereocenters. The zero-order valence-corrected chi connectivity index (χ0v) is 14.7. The molecule has 0 saturated carbocycles. The lowest BCUT2D eigenvalue weighted by atomic mass is 10.1. The summed E-state index contributed by atoms with van der Waals surface area (Å²) in [6.45, 7) is 7.68. The first-order valence-corrected chi connectivity index (χ1v) is 8.23. The summed E-state index contributed by atoms with van der Waals surface area (Å²) in [6, 6.07) is 6.09. The third-order valence-corrected chi connectivity index (χ3v) is 3.58. The van der Waals surface area contributed by atoms with E-state index in [1.807, 2.05) is 39.0 Å². The molecule has 1 aromatic carbocycles. The largest absolute Gasteiger partial charge is 0.463 e. The van der Waals surface area contributed by atoms with Gasteiger partial charge in [-0.1, -0.05) is 18.2 Å². The summed E-state index contributed by atoms with van der Waals surface area (Å²) in [5.41, 5.74) is 2.84. The monoisotopic (exact) mass is 331 g/mol. The molecule has 2 rings (SSSR count). The van der Waals surface area contributed by atoms with E-state index in [4.69, 9.17) is 9.47 Å². The number of nitrogens with one attached hydrogen (secondary N) is 1. The van der Waals surface area contributed by atoms with Crippen LogP contribution >= 0.6 is 0 Å². The van der Waals surface area contributed by atoms with Crippen molar-refractivity contribution in [2.75, 3.05) is 6.61 Å². The van der Waals surface area contributed by atoms with Gasteiger partial charge < -0.3 is 14.8 Å². The predicted octanol–water partition coefficient (Wildman–Crippen LogP) is 3.25. The van der Waals surface area contributed by atoms with Gasteiger partial charge in [-0.3, -0.25) is 0 Å². The number of fused-ring (bicyclic) bond motifs is 1. The van der Waals surface area contributed by atoms with Gasteiger partial charge in [0.25, 0.3) is 0 Å². The number of hydrogen-bond acceptors (Lipinski definition) is 4. The second-order valence-electron chi connectivity index (χ2n) is 6.86. The van der Waals surface area contributed by atoms with Gasteiger partial charge in [-0.05, 0) is 63.3 Å². The number of amides is 1. The van der Waals surface area contributed by atoms with E-state index in [0.717, 1.165) is 18.4 Å². The molecule has 1 unspecified atom stereocenters. The van der Waals surface area contributed by atoms with Crippen LogP contribution in [0.2, 0.25) is 0 Å². The van der Waals surface area contributed by atoms with Crippen molar-refractivity contribution in [3.8, 4) is 0 Å². The van der Waals surface area contributed by atoms with Crippen molar-refractivity contribution >= 4 is 18.1 Å². The van der Waals surface area contributed by atoms with E-state index >= 15 is 0 Å². The zero-order chi connectivity index (χ0) is 17.7. The molecule has 1 amide bonds. The SMILES string of the molecule is CCOC(=O)/C=C/c1ccc2c(c1)CC(NC(=O)OC(C)(C)C)C2. The lowest BCUT2D eigenvalue weighted by Crippen LogP contribution is -2.39. The van der Waals surface area contributed by atoms with Gasteiger partial charge in [-0.2, -0.15) is 0 Å². The van der Waals surface area contributed by atoms with E-state index < -0.39 is 5.60 Å². The Morgan fingerprint density at radius 1 is 1.25 bits per heavy atom. The Balaban J connectivity index is 1.95. The lowest BCUT2D eigenvalue weighted by Gasteiger charge is -2.21. The normalized spacial score (nSPS) is 16.8. The van der Waals surface area contributed by atoms with Crippen LogP contribution in [-0.4, -0.2) is 30.3 Å². The van der Waals surface area contributed by atoms with Crippen molar-refractivity contribution in [1.82, 2.24) is 5.32 Å². The summed E-state index contributed by atoms with van der Waals surface area (Å²) >= 11 is 0. The van der Waals surface area contributed by atoms with Crippen molar-refractivity contribution in [3.63, 3.8) is 0 Å². The van der Waals surface area contributed by atoms with Crippen LogP contribution in [0.3, 0.4) is 0 Å². The molecular weight excluding hydrogens is 306 g/mol. The van der Waals surface area contributed by atoms with Crippen LogP contribution in [0, 0.1) is 0 Å². The molecule has 24 heavy (non-hydrogen) atoms. The third kappa shape index (κ3) is 5.41. The van der Waals surface area contributed by atoms with Crippen LogP contribution < -0.4 is 5.32 Å². The van der Waals surface area contributed by atoms with Gasteiger partial charge in [0.05, 0.1) is 6.61 Å². The summed E-state index contributed by atoms with van der Waals surface area (Å²) in [4.78, 5) is 23.2. The van der Waals surface area contributed by atoms with Crippen LogP contribution in [0.15, 0.2) is 24.3 Å². The highest BCUT2D eigenvalue weighted by Crippen LogP contribution is 2.24. The van der Waals surface area contributed by atoms with Crippen molar-refractivity contribution < 1.29 is 19.1 Å². The summed E-state index contributed by atoms with van der Waals surface area (Å²) in [5.74, 6) is -0.345. The number of ether oxygens (including phenoxy) is 2. The number of carbonyl (C=O) groups is 2. The number of alkyl carbamates (subject to hydrolysis) is 1. The van der Waals surface area contributed by atoms with Crippen LogP contribution in [0.1, 0.15) is 44.4 Å². The molecule has 1 aromatic rings. The lowest BCUT2D eigenvalue weighted by molar-refractivity contribution is -0.137. The molecule has 0 heterocycles. The van der Waals surface area contributed by atoms with E-state index in [1.165, 1.54) is 17.2 Å². The van der Waals surface area contributed by atoms with E-state index in [0.29, 0.717) is 6.61 Å². The molecule has 1 aliphatic rings. The van der Waals surface area contributed by atoms with Crippen molar-refractivity contribution in [2.24, 2.45) is 0 Å². The summed E-state index contributed by atoms with van der Waals surface area (Å²) in [6.07, 6.45) is 4.33. The fourth-order valence-corrected chi connectivity index (χ4v) is 2.67. The first kappa shape index (κ1) is 18.0. The van der Waals surface area contributed by atoms with Crippen molar-refractivity contribution in [3.05, 3.63) is 41.0 Å². The first-order chi connectivity index (χ1) is 11.3.